The summed E-state index contributed by atoms with van der Waals surface area (Å²) < 4.78 is 0. The molecule has 1 aliphatic rings. The van der Waals surface area contributed by atoms with Gasteiger partial charge in [0.05, 0.1) is 0 Å². The van der Waals surface area contributed by atoms with E-state index in [1.807, 2.05) is 54.6 Å². The molecule has 1 fully saturated rings. The van der Waals surface area contributed by atoms with Crippen molar-refractivity contribution < 1.29 is 14.4 Å². The monoisotopic (exact) mass is 413 g/mol. The fraction of sp³-hybridized carbons (Fsp3) is 0.160. The number of amides is 4. The van der Waals surface area contributed by atoms with Crippen molar-refractivity contribution in [3.8, 4) is 0 Å². The summed E-state index contributed by atoms with van der Waals surface area (Å²) in [5.74, 6) is -0.830. The minimum Gasteiger partial charge on any atom is -0.315 e. The van der Waals surface area contributed by atoms with Crippen LogP contribution in [0.4, 0.5) is 10.5 Å². The first kappa shape index (κ1) is 20.3. The van der Waals surface area contributed by atoms with Crippen molar-refractivity contribution in [3.63, 3.8) is 0 Å². The number of hydrogen-bond donors (Lipinski definition) is 1. The van der Waals surface area contributed by atoms with Crippen LogP contribution in [0.2, 0.25) is 0 Å². The van der Waals surface area contributed by atoms with Gasteiger partial charge in [0.25, 0.3) is 5.91 Å². The molecule has 6 nitrogen and oxygen atoms in total. The molecule has 0 radical (unpaired) electrons. The smallest absolute Gasteiger partial charge is 0.315 e. The second-order valence-corrected chi connectivity index (χ2v) is 7.50. The molecule has 0 bridgehead atoms. The van der Waals surface area contributed by atoms with Gasteiger partial charge in [-0.05, 0) is 30.2 Å². The van der Waals surface area contributed by atoms with Gasteiger partial charge in [0.1, 0.15) is 6.04 Å². The van der Waals surface area contributed by atoms with E-state index in [9.17, 15) is 14.4 Å². The summed E-state index contributed by atoms with van der Waals surface area (Å²) >= 11 is 0. The largest absolute Gasteiger partial charge is 0.326 e. The molecule has 3 aromatic carbocycles. The van der Waals surface area contributed by atoms with Crippen molar-refractivity contribution in [2.75, 3.05) is 11.9 Å². The van der Waals surface area contributed by atoms with Crippen molar-refractivity contribution in [2.45, 2.75) is 18.5 Å². The number of likely N-dealkylation sites (N-methyl/N-ethyl adjacent to an activating group) is 1. The summed E-state index contributed by atoms with van der Waals surface area (Å²) in [4.78, 5) is 42.5. The molecule has 1 atom stereocenters. The van der Waals surface area contributed by atoms with E-state index in [2.05, 4.69) is 5.32 Å². The van der Waals surface area contributed by atoms with E-state index in [4.69, 9.17) is 0 Å². The molecular formula is C25H23N3O3. The lowest BCUT2D eigenvalue weighted by molar-refractivity contribution is -0.136. The number of para-hydroxylation sites is 1. The molecule has 0 unspecified atom stereocenters. The maximum atomic E-state index is 13.8. The number of anilines is 1. The molecule has 4 amide bonds. The van der Waals surface area contributed by atoms with Gasteiger partial charge < -0.3 is 10.2 Å². The summed E-state index contributed by atoms with van der Waals surface area (Å²) in [6, 6.07) is 25.7. The SMILES string of the molecule is C[C@H](C(=O)N(C)c1ccccc1)N1C(=O)NC(c2ccccc2)(c2ccccc2)C1=O. The average molecular weight is 413 g/mol. The molecule has 1 saturated heterocycles. The Morgan fingerprint density at radius 3 is 1.77 bits per heavy atom. The van der Waals surface area contributed by atoms with Gasteiger partial charge in [-0.1, -0.05) is 78.9 Å². The van der Waals surface area contributed by atoms with Crippen molar-refractivity contribution in [2.24, 2.45) is 0 Å². The predicted molar refractivity (Wildman–Crippen MR) is 118 cm³/mol. The number of rotatable bonds is 5. The molecule has 4 rings (SSSR count). The van der Waals surface area contributed by atoms with E-state index < -0.39 is 23.5 Å². The highest BCUT2D eigenvalue weighted by Gasteiger charge is 2.56. The van der Waals surface area contributed by atoms with Crippen LogP contribution in [-0.4, -0.2) is 35.8 Å². The predicted octanol–water partition coefficient (Wildman–Crippen LogP) is 3.53. The normalized spacial score (nSPS) is 16.0. The lowest BCUT2D eigenvalue weighted by Crippen LogP contribution is -2.50. The first-order valence-electron chi connectivity index (χ1n) is 10.1. The lowest BCUT2D eigenvalue weighted by atomic mass is 9.82. The molecule has 0 aromatic heterocycles. The average Bonchev–Trinajstić information content (AvgIpc) is 3.10. The van der Waals surface area contributed by atoms with E-state index >= 15 is 0 Å². The Bertz CT molecular complexity index is 1060. The number of carbonyl (C=O) groups excluding carboxylic acids is 3. The van der Waals surface area contributed by atoms with Gasteiger partial charge in [0.2, 0.25) is 5.91 Å². The Kier molecular flexibility index (Phi) is 5.29. The fourth-order valence-electron chi connectivity index (χ4n) is 4.00. The zero-order chi connectivity index (χ0) is 22.0. The van der Waals surface area contributed by atoms with Crippen LogP contribution in [0.5, 0.6) is 0 Å². The topological polar surface area (TPSA) is 69.7 Å². The van der Waals surface area contributed by atoms with E-state index in [0.29, 0.717) is 16.8 Å². The van der Waals surface area contributed by atoms with E-state index in [1.54, 1.807) is 50.4 Å². The minimum absolute atomic E-state index is 0.355. The van der Waals surface area contributed by atoms with Gasteiger partial charge in [-0.25, -0.2) is 9.69 Å². The molecule has 0 spiro atoms. The van der Waals surface area contributed by atoms with E-state index in [0.717, 1.165) is 4.90 Å². The number of benzene rings is 3. The number of hydrogen-bond acceptors (Lipinski definition) is 3. The van der Waals surface area contributed by atoms with Gasteiger partial charge >= 0.3 is 6.03 Å². The highest BCUT2D eigenvalue weighted by molar-refractivity contribution is 6.13. The minimum atomic E-state index is -1.39. The molecule has 156 valence electrons. The zero-order valence-electron chi connectivity index (χ0n) is 17.4. The zero-order valence-corrected chi connectivity index (χ0v) is 17.4. The Morgan fingerprint density at radius 1 is 0.839 bits per heavy atom. The summed E-state index contributed by atoms with van der Waals surface area (Å²) in [6.45, 7) is 1.57. The molecule has 1 heterocycles. The summed E-state index contributed by atoms with van der Waals surface area (Å²) in [5, 5.41) is 2.88. The second-order valence-electron chi connectivity index (χ2n) is 7.50. The van der Waals surface area contributed by atoms with Crippen LogP contribution in [-0.2, 0) is 15.1 Å². The van der Waals surface area contributed by atoms with Crippen LogP contribution in [0.25, 0.3) is 0 Å². The third-order valence-electron chi connectivity index (χ3n) is 5.69. The van der Waals surface area contributed by atoms with E-state index in [1.165, 1.54) is 4.90 Å². The molecular weight excluding hydrogens is 390 g/mol. The molecule has 1 aliphatic heterocycles. The van der Waals surface area contributed by atoms with Crippen LogP contribution in [0.3, 0.4) is 0 Å². The Balaban J connectivity index is 1.73. The highest BCUT2D eigenvalue weighted by atomic mass is 16.2. The second kappa shape index (κ2) is 8.07. The maximum absolute atomic E-state index is 13.8. The third-order valence-corrected chi connectivity index (χ3v) is 5.69. The number of urea groups is 1. The molecule has 31 heavy (non-hydrogen) atoms. The number of carbonyl (C=O) groups is 3. The van der Waals surface area contributed by atoms with Gasteiger partial charge in [0, 0.05) is 12.7 Å². The Hall–Kier alpha value is -3.93. The summed E-state index contributed by atoms with van der Waals surface area (Å²) in [5.41, 5.74) is 0.569. The quantitative estimate of drug-likeness (QED) is 0.651. The number of nitrogens with zero attached hydrogens (tertiary/aromatic N) is 2. The van der Waals surface area contributed by atoms with Crippen LogP contribution in [0.15, 0.2) is 91.0 Å². The van der Waals surface area contributed by atoms with Gasteiger partial charge in [-0.2, -0.15) is 0 Å². The lowest BCUT2D eigenvalue weighted by Gasteiger charge is -2.30. The Morgan fingerprint density at radius 2 is 1.29 bits per heavy atom. The van der Waals surface area contributed by atoms with Crippen LogP contribution >= 0.6 is 0 Å². The molecule has 0 saturated carbocycles. The van der Waals surface area contributed by atoms with E-state index in [-0.39, 0.29) is 5.91 Å². The van der Waals surface area contributed by atoms with Gasteiger partial charge in [-0.3, -0.25) is 9.59 Å². The molecule has 0 aliphatic carbocycles. The molecule has 1 N–H and O–H groups in total. The van der Waals surface area contributed by atoms with Gasteiger partial charge in [0.15, 0.2) is 5.54 Å². The van der Waals surface area contributed by atoms with Crippen LogP contribution < -0.4 is 10.2 Å². The first-order valence-corrected chi connectivity index (χ1v) is 10.1. The molecule has 6 heteroatoms. The summed E-state index contributed by atoms with van der Waals surface area (Å²) in [7, 11) is 1.63. The van der Waals surface area contributed by atoms with Crippen molar-refractivity contribution in [1.82, 2.24) is 10.2 Å². The number of nitrogens with one attached hydrogen (secondary N) is 1. The van der Waals surface area contributed by atoms with Crippen LogP contribution in [0, 0.1) is 0 Å². The maximum Gasteiger partial charge on any atom is 0.326 e. The van der Waals surface area contributed by atoms with Crippen molar-refractivity contribution in [1.29, 1.82) is 0 Å². The van der Waals surface area contributed by atoms with Gasteiger partial charge in [-0.15, -0.1) is 0 Å². The first-order chi connectivity index (χ1) is 15.0. The number of imide groups is 1. The van der Waals surface area contributed by atoms with Crippen LogP contribution in [0.1, 0.15) is 18.1 Å². The fourth-order valence-corrected chi connectivity index (χ4v) is 4.00. The van der Waals surface area contributed by atoms with Crippen molar-refractivity contribution in [3.05, 3.63) is 102 Å². The summed E-state index contributed by atoms with van der Waals surface area (Å²) in [6.07, 6.45) is 0. The third kappa shape index (κ3) is 3.36. The standard InChI is InChI=1S/C25H23N3O3/c1-18(22(29)27(2)21-16-10-5-11-17-21)28-23(30)25(26-24(28)31,19-12-6-3-7-13-19)20-14-8-4-9-15-20/h3-18H,1-2H3,(H,26,31)/t18-/m1/s1. The molecule has 3 aromatic rings. The van der Waals surface area contributed by atoms with Crippen molar-refractivity contribution >= 4 is 23.5 Å². The Labute approximate surface area is 181 Å². The highest BCUT2D eigenvalue weighted by Crippen LogP contribution is 2.37.